The summed E-state index contributed by atoms with van der Waals surface area (Å²) in [6, 6.07) is 11.2. The molecule has 0 spiro atoms. The summed E-state index contributed by atoms with van der Waals surface area (Å²) >= 11 is 18.1. The fourth-order valence-corrected chi connectivity index (χ4v) is 2.25. The van der Waals surface area contributed by atoms with Crippen molar-refractivity contribution in [3.8, 4) is 11.5 Å². The van der Waals surface area contributed by atoms with Gasteiger partial charge in [-0.2, -0.15) is 0 Å². The van der Waals surface area contributed by atoms with Crippen molar-refractivity contribution >= 4 is 34.8 Å². The molecule has 2 aromatic carbocycles. The van der Waals surface area contributed by atoms with E-state index in [-0.39, 0.29) is 0 Å². The van der Waals surface area contributed by atoms with Crippen molar-refractivity contribution in [2.45, 2.75) is 26.4 Å². The maximum atomic E-state index is 6.27. The molecule has 0 unspecified atom stereocenters. The van der Waals surface area contributed by atoms with Crippen molar-refractivity contribution in [2.75, 3.05) is 0 Å². The van der Waals surface area contributed by atoms with E-state index < -0.39 is 0 Å². The summed E-state index contributed by atoms with van der Waals surface area (Å²) in [6.45, 7) is 4.91. The molecule has 0 amide bonds. The van der Waals surface area contributed by atoms with E-state index >= 15 is 0 Å². The third-order valence-corrected chi connectivity index (χ3v) is 3.94. The quantitative estimate of drug-likeness (QED) is 0.725. The Kier molecular flexibility index (Phi) is 5.77. The fourth-order valence-electron chi connectivity index (χ4n) is 1.73. The van der Waals surface area contributed by atoms with Crippen LogP contribution in [0, 0.1) is 0 Å². The highest BCUT2D eigenvalue weighted by Crippen LogP contribution is 2.31. The van der Waals surface area contributed by atoms with E-state index in [0.29, 0.717) is 32.6 Å². The van der Waals surface area contributed by atoms with Crippen LogP contribution in [0.25, 0.3) is 0 Å². The van der Waals surface area contributed by atoms with Gasteiger partial charge < -0.3 is 10.1 Å². The first kappa shape index (κ1) is 16.4. The first-order chi connectivity index (χ1) is 9.95. The van der Waals surface area contributed by atoms with E-state index in [1.54, 1.807) is 24.3 Å². The van der Waals surface area contributed by atoms with Crippen LogP contribution >= 0.6 is 34.8 Å². The van der Waals surface area contributed by atoms with Crippen LogP contribution in [0.4, 0.5) is 0 Å². The summed E-state index contributed by atoms with van der Waals surface area (Å²) in [5, 5.41) is 4.95. The zero-order chi connectivity index (χ0) is 15.4. The highest BCUT2D eigenvalue weighted by Gasteiger charge is 2.06. The van der Waals surface area contributed by atoms with Gasteiger partial charge in [-0.05, 0) is 29.8 Å². The van der Waals surface area contributed by atoms with Gasteiger partial charge in [-0.15, -0.1) is 0 Å². The summed E-state index contributed by atoms with van der Waals surface area (Å²) < 4.78 is 5.73. The van der Waals surface area contributed by atoms with E-state index in [0.717, 1.165) is 12.1 Å². The Morgan fingerprint density at radius 3 is 2.10 bits per heavy atom. The standard InChI is InChI=1S/C16H16Cl3NO/c1-10(2)20-9-11-3-4-12(7-15(11)18)21-13-5-6-14(17)16(19)8-13/h3-8,10,20H,9H2,1-2H3. The second kappa shape index (κ2) is 7.37. The monoisotopic (exact) mass is 343 g/mol. The number of ether oxygens (including phenoxy) is 1. The Morgan fingerprint density at radius 1 is 0.905 bits per heavy atom. The van der Waals surface area contributed by atoms with Gasteiger partial charge in [-0.25, -0.2) is 0 Å². The maximum absolute atomic E-state index is 6.27. The van der Waals surface area contributed by atoms with Gasteiger partial charge in [-0.3, -0.25) is 0 Å². The summed E-state index contributed by atoms with van der Waals surface area (Å²) in [4.78, 5) is 0. The molecule has 0 saturated heterocycles. The number of rotatable bonds is 5. The van der Waals surface area contributed by atoms with Gasteiger partial charge in [0, 0.05) is 23.7 Å². The number of benzene rings is 2. The lowest BCUT2D eigenvalue weighted by molar-refractivity contribution is 0.482. The van der Waals surface area contributed by atoms with E-state index in [4.69, 9.17) is 39.5 Å². The zero-order valence-electron chi connectivity index (χ0n) is 11.8. The molecule has 0 heterocycles. The van der Waals surface area contributed by atoms with Crippen LogP contribution in [0.1, 0.15) is 19.4 Å². The molecule has 0 bridgehead atoms. The average molecular weight is 345 g/mol. The summed E-state index contributed by atoms with van der Waals surface area (Å²) in [7, 11) is 0. The molecule has 0 aliphatic rings. The van der Waals surface area contributed by atoms with Gasteiger partial charge in [0.05, 0.1) is 10.0 Å². The van der Waals surface area contributed by atoms with Gasteiger partial charge in [0.1, 0.15) is 11.5 Å². The van der Waals surface area contributed by atoms with Crippen molar-refractivity contribution < 1.29 is 4.74 Å². The molecule has 5 heteroatoms. The first-order valence-electron chi connectivity index (χ1n) is 6.60. The predicted molar refractivity (Wildman–Crippen MR) is 90.0 cm³/mol. The first-order valence-corrected chi connectivity index (χ1v) is 7.74. The summed E-state index contributed by atoms with van der Waals surface area (Å²) in [5.41, 5.74) is 1.03. The van der Waals surface area contributed by atoms with Crippen LogP contribution < -0.4 is 10.1 Å². The third kappa shape index (κ3) is 4.79. The Hall–Kier alpha value is -0.930. The van der Waals surface area contributed by atoms with Gasteiger partial charge >= 0.3 is 0 Å². The number of nitrogens with one attached hydrogen (secondary N) is 1. The Balaban J connectivity index is 2.10. The molecule has 2 nitrogen and oxygen atoms in total. The number of hydrogen-bond donors (Lipinski definition) is 1. The second-order valence-electron chi connectivity index (χ2n) is 4.97. The third-order valence-electron chi connectivity index (χ3n) is 2.85. The largest absolute Gasteiger partial charge is 0.457 e. The van der Waals surface area contributed by atoms with Gasteiger partial charge in [0.15, 0.2) is 0 Å². The Morgan fingerprint density at radius 2 is 1.52 bits per heavy atom. The molecular formula is C16H16Cl3NO. The molecule has 0 aromatic heterocycles. The topological polar surface area (TPSA) is 21.3 Å². The molecule has 2 aromatic rings. The van der Waals surface area contributed by atoms with E-state index in [1.807, 2.05) is 12.1 Å². The molecule has 0 radical (unpaired) electrons. The minimum Gasteiger partial charge on any atom is -0.457 e. The smallest absolute Gasteiger partial charge is 0.129 e. The predicted octanol–water partition coefficient (Wildman–Crippen LogP) is 5.94. The summed E-state index contributed by atoms with van der Waals surface area (Å²) in [5.74, 6) is 1.28. The maximum Gasteiger partial charge on any atom is 0.129 e. The van der Waals surface area contributed by atoms with Crippen LogP contribution in [0.3, 0.4) is 0 Å². The van der Waals surface area contributed by atoms with Crippen LogP contribution in [0.2, 0.25) is 15.1 Å². The fraction of sp³-hybridized carbons (Fsp3) is 0.250. The van der Waals surface area contributed by atoms with Gasteiger partial charge in [-0.1, -0.05) is 54.7 Å². The number of halogens is 3. The molecule has 112 valence electrons. The molecule has 0 aliphatic heterocycles. The molecular weight excluding hydrogens is 329 g/mol. The highest BCUT2D eigenvalue weighted by molar-refractivity contribution is 6.42. The second-order valence-corrected chi connectivity index (χ2v) is 6.19. The Bertz CT molecular complexity index is 629. The molecule has 1 N–H and O–H groups in total. The molecule has 2 rings (SSSR count). The average Bonchev–Trinajstić information content (AvgIpc) is 2.42. The molecule has 0 aliphatic carbocycles. The van der Waals surface area contributed by atoms with E-state index in [9.17, 15) is 0 Å². The van der Waals surface area contributed by atoms with Crippen molar-refractivity contribution in [3.63, 3.8) is 0 Å². The summed E-state index contributed by atoms with van der Waals surface area (Å²) in [6.07, 6.45) is 0. The minimum absolute atomic E-state index is 0.410. The lowest BCUT2D eigenvalue weighted by Gasteiger charge is -2.11. The molecule has 0 saturated carbocycles. The van der Waals surface area contributed by atoms with Gasteiger partial charge in [0.25, 0.3) is 0 Å². The highest BCUT2D eigenvalue weighted by atomic mass is 35.5. The Labute approximate surface area is 140 Å². The van der Waals surface area contributed by atoms with E-state index in [1.165, 1.54) is 0 Å². The number of hydrogen-bond acceptors (Lipinski definition) is 2. The van der Waals surface area contributed by atoms with Crippen molar-refractivity contribution in [3.05, 3.63) is 57.0 Å². The molecule has 21 heavy (non-hydrogen) atoms. The van der Waals surface area contributed by atoms with Crippen LogP contribution in [0.15, 0.2) is 36.4 Å². The van der Waals surface area contributed by atoms with Gasteiger partial charge in [0.2, 0.25) is 0 Å². The normalized spacial score (nSPS) is 11.0. The lowest BCUT2D eigenvalue weighted by Crippen LogP contribution is -2.21. The van der Waals surface area contributed by atoms with Crippen molar-refractivity contribution in [2.24, 2.45) is 0 Å². The minimum atomic E-state index is 0.410. The molecule has 0 fully saturated rings. The van der Waals surface area contributed by atoms with E-state index in [2.05, 4.69) is 19.2 Å². The zero-order valence-corrected chi connectivity index (χ0v) is 14.1. The van der Waals surface area contributed by atoms with Crippen LogP contribution in [0.5, 0.6) is 11.5 Å². The van der Waals surface area contributed by atoms with Crippen molar-refractivity contribution in [1.29, 1.82) is 0 Å². The van der Waals surface area contributed by atoms with Crippen LogP contribution in [-0.4, -0.2) is 6.04 Å². The SMILES string of the molecule is CC(C)NCc1ccc(Oc2ccc(Cl)c(Cl)c2)cc1Cl. The van der Waals surface area contributed by atoms with Crippen molar-refractivity contribution in [1.82, 2.24) is 5.32 Å². The van der Waals surface area contributed by atoms with Crippen LogP contribution in [-0.2, 0) is 6.54 Å². The lowest BCUT2D eigenvalue weighted by atomic mass is 10.2. The molecule has 0 atom stereocenters.